The molecule has 1 aromatic heterocycles. The first-order chi connectivity index (χ1) is 17.5. The van der Waals surface area contributed by atoms with Gasteiger partial charge in [-0.1, -0.05) is 30.3 Å². The highest BCUT2D eigenvalue weighted by Gasteiger charge is 2.43. The molecule has 1 heterocycles. The summed E-state index contributed by atoms with van der Waals surface area (Å²) in [6.07, 6.45) is 3.36. The van der Waals surface area contributed by atoms with Crippen LogP contribution < -0.4 is 25.6 Å². The van der Waals surface area contributed by atoms with Gasteiger partial charge in [-0.25, -0.2) is 4.79 Å². The maximum absolute atomic E-state index is 13.0. The Morgan fingerprint density at radius 1 is 0.917 bits per heavy atom. The Hall–Kier alpha value is -3.98. The largest absolute Gasteiger partial charge is 0.501 e. The van der Waals surface area contributed by atoms with Crippen molar-refractivity contribution in [2.24, 2.45) is 5.92 Å². The number of hydrogen-bond donors (Lipinski definition) is 1. The predicted molar refractivity (Wildman–Crippen MR) is 137 cm³/mol. The lowest BCUT2D eigenvalue weighted by molar-refractivity contribution is 0.119. The first-order valence-electron chi connectivity index (χ1n) is 11.6. The zero-order chi connectivity index (χ0) is 25.7. The maximum Gasteiger partial charge on any atom is 0.329 e. The standard InChI is InChI=1S/C27H31N3O6/c1-33-17-21-23(35-3)14-22(30-16-24(36-4)26(31)28-27(30)32)25(21)29(15-18-8-6-5-7-9-18)19-10-12-20(34-2)13-11-19/h5-14,16,21-22,25H,15,17H2,1-4H3,(H,28,31,32)/t21-,22+,25+/m0/s1. The highest BCUT2D eigenvalue weighted by Crippen LogP contribution is 2.41. The van der Waals surface area contributed by atoms with Crippen LogP contribution in [0, 0.1) is 5.92 Å². The lowest BCUT2D eigenvalue weighted by Gasteiger charge is -2.39. The van der Waals surface area contributed by atoms with Gasteiger partial charge in [-0.2, -0.15) is 0 Å². The molecule has 0 unspecified atom stereocenters. The molecular formula is C27H31N3O6. The summed E-state index contributed by atoms with van der Waals surface area (Å²) in [7, 11) is 6.28. The van der Waals surface area contributed by atoms with E-state index in [-0.39, 0.29) is 17.7 Å². The molecule has 1 aliphatic carbocycles. The molecule has 0 saturated heterocycles. The second-order valence-electron chi connectivity index (χ2n) is 8.49. The van der Waals surface area contributed by atoms with Crippen molar-refractivity contribution < 1.29 is 18.9 Å². The van der Waals surface area contributed by atoms with Gasteiger partial charge >= 0.3 is 5.69 Å². The van der Waals surface area contributed by atoms with Crippen LogP contribution in [0.25, 0.3) is 0 Å². The number of aromatic amines is 1. The van der Waals surface area contributed by atoms with Gasteiger partial charge in [0.2, 0.25) is 5.75 Å². The van der Waals surface area contributed by atoms with E-state index in [1.807, 2.05) is 48.5 Å². The molecule has 3 aromatic rings. The van der Waals surface area contributed by atoms with Gasteiger partial charge in [0.05, 0.1) is 52.1 Å². The SMILES string of the molecule is COC[C@H]1C(OC)=C[C@@H](n2cc(OC)c(=O)[nH]c2=O)[C@@H]1N(Cc1ccccc1)c1ccc(OC)cc1. The van der Waals surface area contributed by atoms with E-state index < -0.39 is 17.3 Å². The lowest BCUT2D eigenvalue weighted by atomic mass is 9.96. The molecule has 2 aromatic carbocycles. The number of anilines is 1. The molecule has 0 saturated carbocycles. The van der Waals surface area contributed by atoms with E-state index in [4.69, 9.17) is 18.9 Å². The number of H-pyrrole nitrogens is 1. The molecule has 1 aliphatic rings. The fourth-order valence-corrected chi connectivity index (χ4v) is 4.78. The first kappa shape index (κ1) is 25.1. The summed E-state index contributed by atoms with van der Waals surface area (Å²) in [6.45, 7) is 0.937. The second kappa shape index (κ2) is 11.2. The third-order valence-electron chi connectivity index (χ3n) is 6.48. The molecule has 0 fully saturated rings. The van der Waals surface area contributed by atoms with Gasteiger partial charge in [-0.05, 0) is 35.9 Å². The number of nitrogens with zero attached hydrogens (tertiary/aromatic N) is 2. The number of methoxy groups -OCH3 is 4. The summed E-state index contributed by atoms with van der Waals surface area (Å²) in [5, 5.41) is 0. The Morgan fingerprint density at radius 3 is 2.25 bits per heavy atom. The Bertz CT molecular complexity index is 1300. The van der Waals surface area contributed by atoms with Crippen molar-refractivity contribution >= 4 is 5.69 Å². The van der Waals surface area contributed by atoms with Crippen molar-refractivity contribution in [2.45, 2.75) is 18.6 Å². The Balaban J connectivity index is 1.89. The van der Waals surface area contributed by atoms with Crippen LogP contribution in [0.4, 0.5) is 5.69 Å². The third-order valence-corrected chi connectivity index (χ3v) is 6.48. The molecule has 0 aliphatic heterocycles. The van der Waals surface area contributed by atoms with Crippen LogP contribution in [-0.4, -0.2) is 50.6 Å². The van der Waals surface area contributed by atoms with Crippen molar-refractivity contribution in [3.8, 4) is 11.5 Å². The average Bonchev–Trinajstić information content (AvgIpc) is 3.26. The molecule has 36 heavy (non-hydrogen) atoms. The minimum absolute atomic E-state index is 0.0509. The fourth-order valence-electron chi connectivity index (χ4n) is 4.78. The summed E-state index contributed by atoms with van der Waals surface area (Å²) in [5.74, 6) is 1.30. The molecule has 190 valence electrons. The molecular weight excluding hydrogens is 462 g/mol. The number of hydrogen-bond acceptors (Lipinski definition) is 7. The smallest absolute Gasteiger partial charge is 0.329 e. The Morgan fingerprint density at radius 2 is 1.64 bits per heavy atom. The molecule has 9 nitrogen and oxygen atoms in total. The topological polar surface area (TPSA) is 95.0 Å². The molecule has 3 atom stereocenters. The van der Waals surface area contributed by atoms with Crippen LogP contribution >= 0.6 is 0 Å². The van der Waals surface area contributed by atoms with Crippen LogP contribution in [0.15, 0.2) is 82.2 Å². The van der Waals surface area contributed by atoms with Crippen LogP contribution in [0.3, 0.4) is 0 Å². The maximum atomic E-state index is 13.0. The summed E-state index contributed by atoms with van der Waals surface area (Å²) in [4.78, 5) is 29.8. The van der Waals surface area contributed by atoms with Crippen LogP contribution in [-0.2, 0) is 16.0 Å². The summed E-state index contributed by atoms with van der Waals surface area (Å²) in [5.41, 5.74) is 0.926. The van der Waals surface area contributed by atoms with E-state index in [1.165, 1.54) is 17.9 Å². The van der Waals surface area contributed by atoms with Crippen molar-refractivity contribution in [1.29, 1.82) is 0 Å². The zero-order valence-electron chi connectivity index (χ0n) is 20.8. The number of aromatic nitrogens is 2. The van der Waals surface area contributed by atoms with Crippen molar-refractivity contribution in [2.75, 3.05) is 39.9 Å². The normalized spacial score (nSPS) is 19.0. The molecule has 0 amide bonds. The van der Waals surface area contributed by atoms with Gasteiger partial charge in [0.1, 0.15) is 11.5 Å². The van der Waals surface area contributed by atoms with E-state index in [9.17, 15) is 9.59 Å². The van der Waals surface area contributed by atoms with Gasteiger partial charge < -0.3 is 23.8 Å². The summed E-state index contributed by atoms with van der Waals surface area (Å²) >= 11 is 0. The second-order valence-corrected chi connectivity index (χ2v) is 8.49. The molecule has 9 heteroatoms. The predicted octanol–water partition coefficient (Wildman–Crippen LogP) is 2.98. The van der Waals surface area contributed by atoms with Gasteiger partial charge in [-0.15, -0.1) is 0 Å². The van der Waals surface area contributed by atoms with Crippen molar-refractivity contribution in [3.05, 3.63) is 99.0 Å². The average molecular weight is 494 g/mol. The van der Waals surface area contributed by atoms with E-state index in [0.717, 1.165) is 17.0 Å². The Kier molecular flexibility index (Phi) is 7.80. The Labute approximate surface area is 209 Å². The minimum atomic E-state index is -0.575. The highest BCUT2D eigenvalue weighted by molar-refractivity contribution is 5.52. The molecule has 0 radical (unpaired) electrons. The van der Waals surface area contributed by atoms with E-state index in [2.05, 4.69) is 22.0 Å². The van der Waals surface area contributed by atoms with Crippen LogP contribution in [0.2, 0.25) is 0 Å². The number of ether oxygens (including phenoxy) is 4. The zero-order valence-corrected chi connectivity index (χ0v) is 20.8. The summed E-state index contributed by atoms with van der Waals surface area (Å²) < 4.78 is 23.4. The monoisotopic (exact) mass is 493 g/mol. The van der Waals surface area contributed by atoms with E-state index in [1.54, 1.807) is 21.3 Å². The fraction of sp³-hybridized carbons (Fsp3) is 0.333. The van der Waals surface area contributed by atoms with Crippen molar-refractivity contribution in [3.63, 3.8) is 0 Å². The van der Waals surface area contributed by atoms with Crippen LogP contribution in [0.1, 0.15) is 11.6 Å². The van der Waals surface area contributed by atoms with Gasteiger partial charge in [0.15, 0.2) is 0 Å². The molecule has 0 bridgehead atoms. The van der Waals surface area contributed by atoms with Crippen molar-refractivity contribution in [1.82, 2.24) is 9.55 Å². The number of rotatable bonds is 10. The quantitative estimate of drug-likeness (QED) is 0.464. The van der Waals surface area contributed by atoms with Crippen LogP contribution in [0.5, 0.6) is 11.5 Å². The van der Waals surface area contributed by atoms with E-state index >= 15 is 0 Å². The minimum Gasteiger partial charge on any atom is -0.501 e. The summed E-state index contributed by atoms with van der Waals surface area (Å²) in [6, 6.07) is 17.1. The molecule has 0 spiro atoms. The molecule has 1 N–H and O–H groups in total. The third kappa shape index (κ3) is 5.01. The molecule has 4 rings (SSSR count). The van der Waals surface area contributed by atoms with Gasteiger partial charge in [0, 0.05) is 19.3 Å². The number of nitrogens with one attached hydrogen (secondary N) is 1. The first-order valence-corrected chi connectivity index (χ1v) is 11.6. The highest BCUT2D eigenvalue weighted by atomic mass is 16.5. The number of benzene rings is 2. The van der Waals surface area contributed by atoms with E-state index in [0.29, 0.717) is 18.9 Å². The van der Waals surface area contributed by atoms with Gasteiger partial charge in [-0.3, -0.25) is 14.3 Å². The lowest BCUT2D eigenvalue weighted by Crippen LogP contribution is -2.47. The van der Waals surface area contributed by atoms with Gasteiger partial charge in [0.25, 0.3) is 5.56 Å².